The number of nitrogens with one attached hydrogen (secondary N) is 1. The Balaban J connectivity index is 2.07. The zero-order valence-corrected chi connectivity index (χ0v) is 12.4. The van der Waals surface area contributed by atoms with Crippen molar-refractivity contribution in [1.82, 2.24) is 9.55 Å². The van der Waals surface area contributed by atoms with Gasteiger partial charge in [-0.25, -0.2) is 4.39 Å². The lowest BCUT2D eigenvalue weighted by molar-refractivity contribution is 0.433. The number of H-pyrrole nitrogens is 1. The van der Waals surface area contributed by atoms with E-state index in [1.807, 2.05) is 4.57 Å². The second kappa shape index (κ2) is 4.46. The first-order chi connectivity index (χ1) is 8.56. The summed E-state index contributed by atoms with van der Waals surface area (Å²) >= 11 is 8.53. The summed E-state index contributed by atoms with van der Waals surface area (Å²) in [6.45, 7) is 3.11. The maximum atomic E-state index is 13.6. The summed E-state index contributed by atoms with van der Waals surface area (Å²) in [4.78, 5) is 3.14. The Morgan fingerprint density at radius 3 is 2.94 bits per heavy atom. The molecule has 18 heavy (non-hydrogen) atoms. The van der Waals surface area contributed by atoms with Crippen molar-refractivity contribution >= 4 is 39.2 Å². The molecule has 0 amide bonds. The molecule has 3 rings (SSSR count). The third kappa shape index (κ3) is 2.14. The molecule has 1 unspecified atom stereocenters. The van der Waals surface area contributed by atoms with Gasteiger partial charge in [0.05, 0.1) is 15.5 Å². The molecule has 0 spiro atoms. The molecule has 1 heterocycles. The average molecular weight is 329 g/mol. The minimum Gasteiger partial charge on any atom is -0.331 e. The molecule has 0 aliphatic heterocycles. The van der Waals surface area contributed by atoms with Crippen LogP contribution in [0.2, 0.25) is 0 Å². The number of rotatable bonds is 3. The van der Waals surface area contributed by atoms with Crippen LogP contribution in [0.1, 0.15) is 19.8 Å². The van der Waals surface area contributed by atoms with Crippen LogP contribution in [0, 0.1) is 22.4 Å². The summed E-state index contributed by atoms with van der Waals surface area (Å²) < 4.78 is 16.8. The molecule has 1 aliphatic rings. The fourth-order valence-corrected chi connectivity index (χ4v) is 3.06. The molecule has 96 valence electrons. The van der Waals surface area contributed by atoms with E-state index in [1.165, 1.54) is 12.8 Å². The standard InChI is InChI=1S/C13H14BrFN2S/c1-7(8-2-3-8)6-17-12-5-10(15)9(14)4-11(12)16-13(17)18/h4-5,7-8H,2-3,6H2,1H3,(H,16,18). The third-order valence-corrected chi connectivity index (χ3v) is 4.64. The van der Waals surface area contributed by atoms with Crippen LogP contribution < -0.4 is 0 Å². The topological polar surface area (TPSA) is 20.7 Å². The van der Waals surface area contributed by atoms with Gasteiger partial charge in [0, 0.05) is 12.6 Å². The van der Waals surface area contributed by atoms with E-state index in [4.69, 9.17) is 12.2 Å². The molecule has 1 aliphatic carbocycles. The second-order valence-electron chi connectivity index (χ2n) is 5.14. The molecule has 0 bridgehead atoms. The van der Waals surface area contributed by atoms with E-state index in [0.717, 1.165) is 23.5 Å². The number of nitrogens with zero attached hydrogens (tertiary/aromatic N) is 1. The predicted octanol–water partition coefficient (Wildman–Crippen LogP) is 4.65. The molecule has 1 saturated carbocycles. The minimum atomic E-state index is -0.246. The Labute approximate surface area is 118 Å². The van der Waals surface area contributed by atoms with E-state index in [0.29, 0.717) is 15.2 Å². The van der Waals surface area contributed by atoms with Gasteiger partial charge in [-0.3, -0.25) is 0 Å². The van der Waals surface area contributed by atoms with Crippen molar-refractivity contribution < 1.29 is 4.39 Å². The molecule has 2 aromatic rings. The summed E-state index contributed by atoms with van der Waals surface area (Å²) in [7, 11) is 0. The first-order valence-electron chi connectivity index (χ1n) is 6.14. The van der Waals surface area contributed by atoms with E-state index >= 15 is 0 Å². The minimum absolute atomic E-state index is 0.246. The van der Waals surface area contributed by atoms with E-state index < -0.39 is 0 Å². The highest BCUT2D eigenvalue weighted by molar-refractivity contribution is 9.10. The van der Waals surface area contributed by atoms with Gasteiger partial charge in [0.2, 0.25) is 0 Å². The smallest absolute Gasteiger partial charge is 0.178 e. The lowest BCUT2D eigenvalue weighted by Gasteiger charge is -2.11. The maximum absolute atomic E-state index is 13.6. The predicted molar refractivity (Wildman–Crippen MR) is 76.7 cm³/mol. The fourth-order valence-electron chi connectivity index (χ4n) is 2.44. The van der Waals surface area contributed by atoms with E-state index in [2.05, 4.69) is 27.8 Å². The van der Waals surface area contributed by atoms with Gasteiger partial charge in [-0.15, -0.1) is 0 Å². The Bertz CT molecular complexity index is 657. The van der Waals surface area contributed by atoms with Gasteiger partial charge < -0.3 is 9.55 Å². The van der Waals surface area contributed by atoms with Gasteiger partial charge in [0.15, 0.2) is 4.77 Å². The van der Waals surface area contributed by atoms with Gasteiger partial charge in [-0.2, -0.15) is 0 Å². The van der Waals surface area contributed by atoms with Crippen LogP contribution >= 0.6 is 28.1 Å². The summed E-state index contributed by atoms with van der Waals surface area (Å²) in [6, 6.07) is 3.30. The molecule has 2 nitrogen and oxygen atoms in total. The van der Waals surface area contributed by atoms with Gasteiger partial charge in [0.25, 0.3) is 0 Å². The lowest BCUT2D eigenvalue weighted by Crippen LogP contribution is -2.09. The van der Waals surface area contributed by atoms with Crippen molar-refractivity contribution in [2.75, 3.05) is 0 Å². The Kier molecular flexibility index (Phi) is 3.06. The Morgan fingerprint density at radius 2 is 2.28 bits per heavy atom. The zero-order valence-electron chi connectivity index (χ0n) is 10.0. The van der Waals surface area contributed by atoms with Crippen LogP contribution in [0.3, 0.4) is 0 Å². The number of aromatic amines is 1. The number of imidazole rings is 1. The van der Waals surface area contributed by atoms with Crippen molar-refractivity contribution in [2.45, 2.75) is 26.3 Å². The highest BCUT2D eigenvalue weighted by atomic mass is 79.9. The van der Waals surface area contributed by atoms with Crippen molar-refractivity contribution in [2.24, 2.45) is 11.8 Å². The van der Waals surface area contributed by atoms with Gasteiger partial charge in [0.1, 0.15) is 5.82 Å². The molecule has 1 aromatic carbocycles. The number of aromatic nitrogens is 2. The number of hydrogen-bond donors (Lipinski definition) is 1. The van der Waals surface area contributed by atoms with E-state index in [-0.39, 0.29) is 5.82 Å². The van der Waals surface area contributed by atoms with Crippen molar-refractivity contribution in [3.8, 4) is 0 Å². The van der Waals surface area contributed by atoms with Crippen LogP contribution in [0.4, 0.5) is 4.39 Å². The molecule has 1 fully saturated rings. The highest BCUT2D eigenvalue weighted by Gasteiger charge is 2.28. The number of hydrogen-bond acceptors (Lipinski definition) is 1. The fraction of sp³-hybridized carbons (Fsp3) is 0.462. The van der Waals surface area contributed by atoms with Crippen molar-refractivity contribution in [3.05, 3.63) is 27.2 Å². The van der Waals surface area contributed by atoms with Gasteiger partial charge >= 0.3 is 0 Å². The molecular formula is C13H14BrFN2S. The van der Waals surface area contributed by atoms with Crippen LogP contribution in [0.15, 0.2) is 16.6 Å². The van der Waals surface area contributed by atoms with Crippen molar-refractivity contribution in [1.29, 1.82) is 0 Å². The number of halogens is 2. The summed E-state index contributed by atoms with van der Waals surface area (Å²) in [6.07, 6.45) is 2.63. The molecular weight excluding hydrogens is 315 g/mol. The number of benzene rings is 1. The molecule has 5 heteroatoms. The lowest BCUT2D eigenvalue weighted by atomic mass is 10.1. The SMILES string of the molecule is CC(Cn1c(=S)[nH]c2cc(Br)c(F)cc21)C1CC1. The van der Waals surface area contributed by atoms with Crippen LogP contribution in [0.5, 0.6) is 0 Å². The Morgan fingerprint density at radius 1 is 1.56 bits per heavy atom. The Hall–Kier alpha value is -0.680. The first kappa shape index (κ1) is 12.4. The summed E-state index contributed by atoms with van der Waals surface area (Å²) in [5.74, 6) is 1.17. The van der Waals surface area contributed by atoms with E-state index in [9.17, 15) is 4.39 Å². The summed E-state index contributed by atoms with van der Waals surface area (Å²) in [5, 5.41) is 0. The normalized spacial score (nSPS) is 17.3. The van der Waals surface area contributed by atoms with E-state index in [1.54, 1.807) is 12.1 Å². The summed E-state index contributed by atoms with van der Waals surface area (Å²) in [5.41, 5.74) is 1.74. The number of fused-ring (bicyclic) bond motifs is 1. The maximum Gasteiger partial charge on any atom is 0.178 e. The van der Waals surface area contributed by atoms with Gasteiger partial charge in [-0.05, 0) is 58.9 Å². The molecule has 1 N–H and O–H groups in total. The largest absolute Gasteiger partial charge is 0.331 e. The average Bonchev–Trinajstić information content (AvgIpc) is 3.10. The quantitative estimate of drug-likeness (QED) is 0.813. The van der Waals surface area contributed by atoms with Crippen LogP contribution in [-0.4, -0.2) is 9.55 Å². The first-order valence-corrected chi connectivity index (χ1v) is 7.34. The zero-order chi connectivity index (χ0) is 12.9. The molecule has 1 aromatic heterocycles. The van der Waals surface area contributed by atoms with Gasteiger partial charge in [-0.1, -0.05) is 6.92 Å². The third-order valence-electron chi connectivity index (χ3n) is 3.71. The molecule has 1 atom stereocenters. The molecule has 0 saturated heterocycles. The second-order valence-corrected chi connectivity index (χ2v) is 6.38. The molecule has 0 radical (unpaired) electrons. The van der Waals surface area contributed by atoms with Crippen LogP contribution in [0.25, 0.3) is 11.0 Å². The van der Waals surface area contributed by atoms with Crippen LogP contribution in [-0.2, 0) is 6.54 Å². The highest BCUT2D eigenvalue weighted by Crippen LogP contribution is 2.37. The monoisotopic (exact) mass is 328 g/mol. The van der Waals surface area contributed by atoms with Crippen molar-refractivity contribution in [3.63, 3.8) is 0 Å².